The van der Waals surface area contributed by atoms with E-state index in [0.717, 1.165) is 54.7 Å². The number of thiazole rings is 1. The van der Waals surface area contributed by atoms with E-state index in [1.54, 1.807) is 24.3 Å². The first-order chi connectivity index (χ1) is 15.1. The van der Waals surface area contributed by atoms with Crippen LogP contribution in [-0.2, 0) is 11.3 Å². The molecule has 4 rings (SSSR count). The molecule has 1 aromatic carbocycles. The quantitative estimate of drug-likeness (QED) is 0.574. The van der Waals surface area contributed by atoms with Crippen LogP contribution in [0.4, 0.5) is 5.82 Å². The Kier molecular flexibility index (Phi) is 6.96. The van der Waals surface area contributed by atoms with Gasteiger partial charge in [0, 0.05) is 49.7 Å². The number of hydrogen-bond acceptors (Lipinski definition) is 8. The summed E-state index contributed by atoms with van der Waals surface area (Å²) in [5.74, 6) is 1.96. The van der Waals surface area contributed by atoms with Crippen molar-refractivity contribution in [3.05, 3.63) is 47.2 Å². The second-order valence-electron chi connectivity index (χ2n) is 7.52. The van der Waals surface area contributed by atoms with Crippen LogP contribution in [0.3, 0.4) is 0 Å². The largest absolute Gasteiger partial charge is 0.494 e. The monoisotopic (exact) mass is 441 g/mol. The van der Waals surface area contributed by atoms with Crippen LogP contribution in [0.2, 0.25) is 0 Å². The molecule has 1 amide bonds. The van der Waals surface area contributed by atoms with Crippen molar-refractivity contribution < 1.29 is 14.1 Å². The van der Waals surface area contributed by atoms with Gasteiger partial charge in [0.1, 0.15) is 16.5 Å². The Labute approximate surface area is 185 Å². The molecule has 2 aromatic heterocycles. The number of benzene rings is 1. The standard InChI is InChI=1S/C22H27N5O3S/c1-3-29-19-6-4-17(5-7-19)22-23-18(15-31-22)13-26-8-10-27(11-9-26)14-21(28)24-20-12-16(2)30-25-20/h4-7,12,15H,3,8-11,13-14H2,1-2H3,(H,24,25,28). The highest BCUT2D eigenvalue weighted by Gasteiger charge is 2.20. The van der Waals surface area contributed by atoms with Crippen LogP contribution in [0.1, 0.15) is 18.4 Å². The molecule has 0 bridgehead atoms. The number of amides is 1. The number of carbonyl (C=O) groups excluding carboxylic acids is 1. The fourth-order valence-electron chi connectivity index (χ4n) is 3.52. The van der Waals surface area contributed by atoms with Gasteiger partial charge in [-0.2, -0.15) is 0 Å². The number of hydrogen-bond donors (Lipinski definition) is 1. The van der Waals surface area contributed by atoms with Crippen LogP contribution < -0.4 is 10.1 Å². The summed E-state index contributed by atoms with van der Waals surface area (Å²) in [5, 5.41) is 9.73. The first-order valence-corrected chi connectivity index (χ1v) is 11.3. The molecular formula is C22H27N5O3S. The number of nitrogens with zero attached hydrogens (tertiary/aromatic N) is 4. The minimum atomic E-state index is -0.0683. The van der Waals surface area contributed by atoms with Gasteiger partial charge in [0.15, 0.2) is 5.82 Å². The van der Waals surface area contributed by atoms with Gasteiger partial charge in [-0.1, -0.05) is 5.16 Å². The van der Waals surface area contributed by atoms with Crippen molar-refractivity contribution in [2.45, 2.75) is 20.4 Å². The molecule has 0 unspecified atom stereocenters. The number of piperazine rings is 1. The molecule has 164 valence electrons. The third kappa shape index (κ3) is 5.90. The summed E-state index contributed by atoms with van der Waals surface area (Å²) in [5.41, 5.74) is 2.19. The molecule has 3 heterocycles. The molecule has 1 fully saturated rings. The number of carbonyl (C=O) groups is 1. The summed E-state index contributed by atoms with van der Waals surface area (Å²) < 4.78 is 10.5. The zero-order valence-corrected chi connectivity index (χ0v) is 18.7. The summed E-state index contributed by atoms with van der Waals surface area (Å²) in [6, 6.07) is 9.79. The lowest BCUT2D eigenvalue weighted by Gasteiger charge is -2.33. The summed E-state index contributed by atoms with van der Waals surface area (Å²) >= 11 is 1.67. The average molecular weight is 442 g/mol. The number of anilines is 1. The summed E-state index contributed by atoms with van der Waals surface area (Å²) in [6.07, 6.45) is 0. The molecule has 1 N–H and O–H groups in total. The third-order valence-electron chi connectivity index (χ3n) is 5.08. The van der Waals surface area contributed by atoms with Crippen molar-refractivity contribution in [3.63, 3.8) is 0 Å². The van der Waals surface area contributed by atoms with Gasteiger partial charge < -0.3 is 14.6 Å². The number of aryl methyl sites for hydroxylation is 1. The van der Waals surface area contributed by atoms with Gasteiger partial charge in [0.25, 0.3) is 0 Å². The van der Waals surface area contributed by atoms with Crippen molar-refractivity contribution in [2.24, 2.45) is 0 Å². The van der Waals surface area contributed by atoms with Gasteiger partial charge in [-0.25, -0.2) is 4.98 Å². The third-order valence-corrected chi connectivity index (χ3v) is 6.02. The summed E-state index contributed by atoms with van der Waals surface area (Å²) in [7, 11) is 0. The van der Waals surface area contributed by atoms with E-state index in [1.807, 2.05) is 19.1 Å². The maximum atomic E-state index is 12.2. The second kappa shape index (κ2) is 10.0. The minimum absolute atomic E-state index is 0.0683. The first-order valence-electron chi connectivity index (χ1n) is 10.4. The van der Waals surface area contributed by atoms with Crippen LogP contribution in [-0.4, -0.2) is 65.2 Å². The Bertz CT molecular complexity index is 993. The van der Waals surface area contributed by atoms with Crippen LogP contribution in [0.5, 0.6) is 5.75 Å². The van der Waals surface area contributed by atoms with Gasteiger partial charge in [-0.3, -0.25) is 14.6 Å². The normalized spacial score (nSPS) is 15.2. The van der Waals surface area contributed by atoms with Gasteiger partial charge in [-0.15, -0.1) is 11.3 Å². The zero-order chi connectivity index (χ0) is 21.6. The molecule has 1 saturated heterocycles. The Balaban J connectivity index is 1.23. The highest BCUT2D eigenvalue weighted by atomic mass is 32.1. The molecule has 1 aliphatic rings. The average Bonchev–Trinajstić information content (AvgIpc) is 3.39. The van der Waals surface area contributed by atoms with Gasteiger partial charge in [0.2, 0.25) is 5.91 Å². The van der Waals surface area contributed by atoms with Crippen molar-refractivity contribution in [3.8, 4) is 16.3 Å². The maximum absolute atomic E-state index is 12.2. The van der Waals surface area contributed by atoms with Gasteiger partial charge in [-0.05, 0) is 38.1 Å². The molecule has 1 aliphatic heterocycles. The Morgan fingerprint density at radius 3 is 2.61 bits per heavy atom. The predicted octanol–water partition coefficient (Wildman–Crippen LogP) is 3.26. The highest BCUT2D eigenvalue weighted by Crippen LogP contribution is 2.26. The second-order valence-corrected chi connectivity index (χ2v) is 8.38. The van der Waals surface area contributed by atoms with E-state index in [-0.39, 0.29) is 5.91 Å². The van der Waals surface area contributed by atoms with Crippen LogP contribution in [0, 0.1) is 6.92 Å². The highest BCUT2D eigenvalue weighted by molar-refractivity contribution is 7.13. The molecule has 0 atom stereocenters. The molecule has 0 radical (unpaired) electrons. The number of nitrogens with one attached hydrogen (secondary N) is 1. The molecule has 0 saturated carbocycles. The van der Waals surface area contributed by atoms with Gasteiger partial charge in [0.05, 0.1) is 18.8 Å². The lowest BCUT2D eigenvalue weighted by atomic mass is 10.2. The van der Waals surface area contributed by atoms with E-state index < -0.39 is 0 Å². The fourth-order valence-corrected chi connectivity index (χ4v) is 4.34. The molecule has 3 aromatic rings. The van der Waals surface area contributed by atoms with E-state index in [0.29, 0.717) is 24.7 Å². The minimum Gasteiger partial charge on any atom is -0.494 e. The number of rotatable bonds is 8. The topological polar surface area (TPSA) is 83.7 Å². The lowest BCUT2D eigenvalue weighted by molar-refractivity contribution is -0.117. The molecule has 0 spiro atoms. The van der Waals surface area contributed by atoms with E-state index in [2.05, 4.69) is 37.8 Å². The summed E-state index contributed by atoms with van der Waals surface area (Å²) in [4.78, 5) is 21.5. The first kappa shape index (κ1) is 21.5. The number of aromatic nitrogens is 2. The Hall–Kier alpha value is -2.75. The van der Waals surface area contributed by atoms with Crippen LogP contribution in [0.15, 0.2) is 40.2 Å². The van der Waals surface area contributed by atoms with Crippen LogP contribution in [0.25, 0.3) is 10.6 Å². The Morgan fingerprint density at radius 1 is 1.19 bits per heavy atom. The molecule has 0 aliphatic carbocycles. The molecule has 8 nitrogen and oxygen atoms in total. The van der Waals surface area contributed by atoms with Crippen LogP contribution >= 0.6 is 11.3 Å². The SMILES string of the molecule is CCOc1ccc(-c2nc(CN3CCN(CC(=O)Nc4cc(C)on4)CC3)cs2)cc1. The van der Waals surface area contributed by atoms with E-state index in [9.17, 15) is 4.79 Å². The predicted molar refractivity (Wildman–Crippen MR) is 120 cm³/mol. The maximum Gasteiger partial charge on any atom is 0.239 e. The molecule has 9 heteroatoms. The zero-order valence-electron chi connectivity index (χ0n) is 17.8. The van der Waals surface area contributed by atoms with E-state index in [4.69, 9.17) is 14.2 Å². The van der Waals surface area contributed by atoms with Crippen molar-refractivity contribution in [1.29, 1.82) is 0 Å². The lowest BCUT2D eigenvalue weighted by Crippen LogP contribution is -2.48. The van der Waals surface area contributed by atoms with Gasteiger partial charge >= 0.3 is 0 Å². The van der Waals surface area contributed by atoms with E-state index in [1.165, 1.54) is 0 Å². The smallest absolute Gasteiger partial charge is 0.239 e. The van der Waals surface area contributed by atoms with Crippen molar-refractivity contribution >= 4 is 23.1 Å². The van der Waals surface area contributed by atoms with Crippen molar-refractivity contribution in [1.82, 2.24) is 19.9 Å². The summed E-state index contributed by atoms with van der Waals surface area (Å²) in [6.45, 7) is 9.14. The van der Waals surface area contributed by atoms with E-state index >= 15 is 0 Å². The molecule has 31 heavy (non-hydrogen) atoms. The Morgan fingerprint density at radius 2 is 1.94 bits per heavy atom. The van der Waals surface area contributed by atoms with Crippen molar-refractivity contribution in [2.75, 3.05) is 44.6 Å². The molecular weight excluding hydrogens is 414 g/mol. The fraction of sp³-hybridized carbons (Fsp3) is 0.409. The number of ether oxygens (including phenoxy) is 1.